The van der Waals surface area contributed by atoms with Crippen LogP contribution < -0.4 is 5.32 Å². The van der Waals surface area contributed by atoms with E-state index < -0.39 is 0 Å². The van der Waals surface area contributed by atoms with Crippen molar-refractivity contribution >= 4 is 43.3 Å². The Hall–Kier alpha value is -1.83. The van der Waals surface area contributed by atoms with Crippen molar-refractivity contribution in [2.75, 3.05) is 27.2 Å². The monoisotopic (exact) mass is 444 g/mol. The van der Waals surface area contributed by atoms with Crippen molar-refractivity contribution in [2.45, 2.75) is 12.8 Å². The van der Waals surface area contributed by atoms with Crippen LogP contribution in [0.3, 0.4) is 0 Å². The molecule has 3 heterocycles. The molecule has 1 aliphatic rings. The number of nitrogens with one attached hydrogen (secondary N) is 1. The van der Waals surface area contributed by atoms with Crippen molar-refractivity contribution in [3.8, 4) is 10.4 Å². The molecule has 0 radical (unpaired) electrons. The van der Waals surface area contributed by atoms with E-state index in [0.717, 1.165) is 56.6 Å². The summed E-state index contributed by atoms with van der Waals surface area (Å²) in [6.45, 7) is 2.08. The summed E-state index contributed by atoms with van der Waals surface area (Å²) in [5.41, 5.74) is 2.57. The third-order valence-corrected chi connectivity index (χ3v) is 6.63. The summed E-state index contributed by atoms with van der Waals surface area (Å²) in [7, 11) is 3.49. The molecule has 7 heteroatoms. The van der Waals surface area contributed by atoms with E-state index in [2.05, 4.69) is 49.6 Å². The molecule has 3 aromatic rings. The Morgan fingerprint density at radius 2 is 2.07 bits per heavy atom. The first-order valence-corrected chi connectivity index (χ1v) is 10.6. The van der Waals surface area contributed by atoms with Gasteiger partial charge in [0.25, 0.3) is 5.91 Å². The lowest BCUT2D eigenvalue weighted by Gasteiger charge is -2.12. The van der Waals surface area contributed by atoms with Crippen LogP contribution in [0.25, 0.3) is 20.5 Å². The van der Waals surface area contributed by atoms with Gasteiger partial charge < -0.3 is 10.2 Å². The van der Waals surface area contributed by atoms with Gasteiger partial charge in [0.2, 0.25) is 0 Å². The van der Waals surface area contributed by atoms with E-state index in [9.17, 15) is 4.79 Å². The standard InChI is InChI=1S/C20H21BrN4OS/c1-25(2)20(26)18-19-15(16(23-24-18)9-12-7-8-22-11-12)10-17(27-19)13-3-5-14(21)6-4-13/h3-6,10,12,22H,7-9,11H2,1-2H3. The van der Waals surface area contributed by atoms with E-state index in [4.69, 9.17) is 0 Å². The molecule has 1 fully saturated rings. The van der Waals surface area contributed by atoms with Crippen LogP contribution in [0.2, 0.25) is 0 Å². The Morgan fingerprint density at radius 1 is 1.30 bits per heavy atom. The average Bonchev–Trinajstić information content (AvgIpc) is 3.32. The maximum atomic E-state index is 12.6. The van der Waals surface area contributed by atoms with E-state index in [1.807, 2.05) is 12.1 Å². The molecule has 0 bridgehead atoms. The first kappa shape index (κ1) is 18.5. The molecule has 2 aromatic heterocycles. The number of amides is 1. The number of benzene rings is 1. The van der Waals surface area contributed by atoms with E-state index in [0.29, 0.717) is 11.6 Å². The number of carbonyl (C=O) groups excluding carboxylic acids is 1. The Balaban J connectivity index is 1.83. The summed E-state index contributed by atoms with van der Waals surface area (Å²) in [6, 6.07) is 10.4. The quantitative estimate of drug-likeness (QED) is 0.660. The topological polar surface area (TPSA) is 58.1 Å². The average molecular weight is 445 g/mol. The number of fused-ring (bicyclic) bond motifs is 1. The molecule has 5 nitrogen and oxygen atoms in total. The van der Waals surface area contributed by atoms with Gasteiger partial charge in [-0.05, 0) is 55.6 Å². The number of nitrogens with zero attached hydrogens (tertiary/aromatic N) is 3. The van der Waals surface area contributed by atoms with E-state index >= 15 is 0 Å². The highest BCUT2D eigenvalue weighted by atomic mass is 79.9. The second-order valence-corrected chi connectivity index (χ2v) is 9.09. The zero-order chi connectivity index (χ0) is 19.0. The van der Waals surface area contributed by atoms with Crippen molar-refractivity contribution in [3.63, 3.8) is 0 Å². The van der Waals surface area contributed by atoms with Crippen LogP contribution in [0, 0.1) is 5.92 Å². The van der Waals surface area contributed by atoms with E-state index in [1.54, 1.807) is 30.3 Å². The molecule has 1 unspecified atom stereocenters. The number of thiophene rings is 1. The summed E-state index contributed by atoms with van der Waals surface area (Å²) in [5.74, 6) is 0.472. The summed E-state index contributed by atoms with van der Waals surface area (Å²) in [4.78, 5) is 15.3. The van der Waals surface area contributed by atoms with Crippen LogP contribution in [0.1, 0.15) is 22.6 Å². The Labute approximate surface area is 170 Å². The molecule has 1 amide bonds. The second kappa shape index (κ2) is 7.66. The van der Waals surface area contributed by atoms with Crippen molar-refractivity contribution in [1.82, 2.24) is 20.4 Å². The minimum Gasteiger partial charge on any atom is -0.343 e. The number of rotatable bonds is 4. The van der Waals surface area contributed by atoms with Crippen LogP contribution >= 0.6 is 27.3 Å². The Bertz CT molecular complexity index is 978. The van der Waals surface area contributed by atoms with Gasteiger partial charge in [0.1, 0.15) is 0 Å². The van der Waals surface area contributed by atoms with Gasteiger partial charge in [0, 0.05) is 28.8 Å². The summed E-state index contributed by atoms with van der Waals surface area (Å²) in [6.07, 6.45) is 2.05. The van der Waals surface area contributed by atoms with Crippen LogP contribution in [0.15, 0.2) is 34.8 Å². The zero-order valence-electron chi connectivity index (χ0n) is 15.3. The molecule has 140 valence electrons. The highest BCUT2D eigenvalue weighted by molar-refractivity contribution is 9.10. The smallest absolute Gasteiger partial charge is 0.275 e. The first-order valence-electron chi connectivity index (χ1n) is 9.00. The lowest BCUT2D eigenvalue weighted by atomic mass is 10.00. The van der Waals surface area contributed by atoms with E-state index in [1.165, 1.54) is 0 Å². The molecule has 0 aliphatic carbocycles. The van der Waals surface area contributed by atoms with E-state index in [-0.39, 0.29) is 5.91 Å². The molecule has 0 spiro atoms. The third kappa shape index (κ3) is 3.77. The maximum Gasteiger partial charge on any atom is 0.275 e. The minimum atomic E-state index is -0.106. The molecular weight excluding hydrogens is 424 g/mol. The van der Waals surface area contributed by atoms with Gasteiger partial charge in [-0.25, -0.2) is 0 Å². The summed E-state index contributed by atoms with van der Waals surface area (Å²) in [5, 5.41) is 13.3. The van der Waals surface area contributed by atoms with Gasteiger partial charge >= 0.3 is 0 Å². The van der Waals surface area contributed by atoms with Crippen molar-refractivity contribution in [2.24, 2.45) is 5.92 Å². The molecule has 0 saturated carbocycles. The van der Waals surface area contributed by atoms with Gasteiger partial charge in [0.05, 0.1) is 10.4 Å². The number of hydrogen-bond donors (Lipinski definition) is 1. The molecule has 1 atom stereocenters. The summed E-state index contributed by atoms with van der Waals surface area (Å²) >= 11 is 5.11. The molecule has 1 saturated heterocycles. The first-order chi connectivity index (χ1) is 13.0. The molecule has 1 aromatic carbocycles. The molecule has 4 rings (SSSR count). The highest BCUT2D eigenvalue weighted by Gasteiger charge is 2.23. The third-order valence-electron chi connectivity index (χ3n) is 4.91. The largest absolute Gasteiger partial charge is 0.343 e. The predicted molar refractivity (Wildman–Crippen MR) is 113 cm³/mol. The fourth-order valence-electron chi connectivity index (χ4n) is 3.41. The predicted octanol–water partition coefficient (Wildman–Crippen LogP) is 3.97. The normalized spacial score (nSPS) is 16.8. The van der Waals surface area contributed by atoms with Gasteiger partial charge in [-0.2, -0.15) is 5.10 Å². The van der Waals surface area contributed by atoms with Crippen molar-refractivity contribution < 1.29 is 4.79 Å². The highest BCUT2D eigenvalue weighted by Crippen LogP contribution is 2.37. The molecular formula is C20H21BrN4OS. The fraction of sp³-hybridized carbons (Fsp3) is 0.350. The number of aromatic nitrogens is 2. The molecule has 1 aliphatic heterocycles. The lowest BCUT2D eigenvalue weighted by Crippen LogP contribution is -2.23. The number of hydrogen-bond acceptors (Lipinski definition) is 5. The van der Waals surface area contributed by atoms with Gasteiger partial charge in [-0.3, -0.25) is 4.79 Å². The number of halogens is 1. The zero-order valence-corrected chi connectivity index (χ0v) is 17.7. The second-order valence-electron chi connectivity index (χ2n) is 7.12. The summed E-state index contributed by atoms with van der Waals surface area (Å²) < 4.78 is 1.98. The Morgan fingerprint density at radius 3 is 2.74 bits per heavy atom. The van der Waals surface area contributed by atoms with Crippen LogP contribution in [-0.2, 0) is 6.42 Å². The Kier molecular flexibility index (Phi) is 5.25. The lowest BCUT2D eigenvalue weighted by molar-refractivity contribution is 0.0823. The number of carbonyl (C=O) groups is 1. The molecule has 1 N–H and O–H groups in total. The van der Waals surface area contributed by atoms with Gasteiger partial charge in [0.15, 0.2) is 5.69 Å². The van der Waals surface area contributed by atoms with Crippen LogP contribution in [0.5, 0.6) is 0 Å². The van der Waals surface area contributed by atoms with Crippen LogP contribution in [-0.4, -0.2) is 48.2 Å². The fourth-order valence-corrected chi connectivity index (χ4v) is 4.84. The van der Waals surface area contributed by atoms with Crippen molar-refractivity contribution in [1.29, 1.82) is 0 Å². The van der Waals surface area contributed by atoms with Gasteiger partial charge in [-0.15, -0.1) is 16.4 Å². The minimum absolute atomic E-state index is 0.106. The van der Waals surface area contributed by atoms with Crippen molar-refractivity contribution in [3.05, 3.63) is 46.2 Å². The maximum absolute atomic E-state index is 12.6. The van der Waals surface area contributed by atoms with Gasteiger partial charge in [-0.1, -0.05) is 28.1 Å². The molecule has 27 heavy (non-hydrogen) atoms. The SMILES string of the molecule is CN(C)C(=O)c1nnc(CC2CCNC2)c2cc(-c3ccc(Br)cc3)sc12. The van der Waals surface area contributed by atoms with Crippen LogP contribution in [0.4, 0.5) is 0 Å².